The number of hydrogen-bond donors (Lipinski definition) is 2. The molecular formula is C12H23N3O. The summed E-state index contributed by atoms with van der Waals surface area (Å²) in [6.45, 7) is 3.93. The van der Waals surface area contributed by atoms with Gasteiger partial charge in [-0.15, -0.1) is 0 Å². The fourth-order valence-electron chi connectivity index (χ4n) is 2.91. The Morgan fingerprint density at radius 1 is 1.44 bits per heavy atom. The molecule has 92 valence electrons. The molecular weight excluding hydrogens is 202 g/mol. The van der Waals surface area contributed by atoms with Gasteiger partial charge in [-0.2, -0.15) is 0 Å². The van der Waals surface area contributed by atoms with Crippen molar-refractivity contribution < 1.29 is 4.79 Å². The average Bonchev–Trinajstić information content (AvgIpc) is 2.82. The number of piperazine rings is 1. The van der Waals surface area contributed by atoms with E-state index in [0.717, 1.165) is 32.1 Å². The lowest BCUT2D eigenvalue weighted by atomic mass is 10.0. The molecule has 0 bridgehead atoms. The van der Waals surface area contributed by atoms with Gasteiger partial charge in [-0.1, -0.05) is 12.8 Å². The van der Waals surface area contributed by atoms with E-state index in [-0.39, 0.29) is 11.9 Å². The van der Waals surface area contributed by atoms with E-state index in [1.54, 1.807) is 7.05 Å². The molecule has 0 radical (unpaired) electrons. The van der Waals surface area contributed by atoms with E-state index < -0.39 is 0 Å². The Hall–Kier alpha value is -0.610. The van der Waals surface area contributed by atoms with Gasteiger partial charge in [0.1, 0.15) is 6.04 Å². The maximum atomic E-state index is 11.8. The van der Waals surface area contributed by atoms with Gasteiger partial charge in [0.15, 0.2) is 0 Å². The van der Waals surface area contributed by atoms with E-state index in [2.05, 4.69) is 15.5 Å². The van der Waals surface area contributed by atoms with Crippen LogP contribution in [0.2, 0.25) is 0 Å². The van der Waals surface area contributed by atoms with E-state index in [9.17, 15) is 4.79 Å². The summed E-state index contributed by atoms with van der Waals surface area (Å²) in [4.78, 5) is 14.1. The third-order valence-corrected chi connectivity index (χ3v) is 3.87. The lowest BCUT2D eigenvalue weighted by molar-refractivity contribution is -0.126. The van der Waals surface area contributed by atoms with Crippen molar-refractivity contribution in [1.82, 2.24) is 15.5 Å². The normalized spacial score (nSPS) is 28.2. The van der Waals surface area contributed by atoms with E-state index in [1.807, 2.05) is 0 Å². The second kappa shape index (κ2) is 5.64. The number of amides is 1. The monoisotopic (exact) mass is 225 g/mol. The highest BCUT2D eigenvalue weighted by Crippen LogP contribution is 2.26. The van der Waals surface area contributed by atoms with Crippen LogP contribution >= 0.6 is 0 Å². The van der Waals surface area contributed by atoms with Gasteiger partial charge in [-0.25, -0.2) is 0 Å². The third kappa shape index (κ3) is 2.74. The number of likely N-dealkylation sites (N-methyl/N-ethyl adjacent to an activating group) is 1. The van der Waals surface area contributed by atoms with Crippen molar-refractivity contribution in [3.63, 3.8) is 0 Å². The van der Waals surface area contributed by atoms with Crippen molar-refractivity contribution in [3.8, 4) is 0 Å². The Morgan fingerprint density at radius 3 is 2.88 bits per heavy atom. The van der Waals surface area contributed by atoms with Crippen LogP contribution in [0, 0.1) is 5.92 Å². The number of nitrogens with zero attached hydrogens (tertiary/aromatic N) is 1. The van der Waals surface area contributed by atoms with Crippen LogP contribution in [0.3, 0.4) is 0 Å². The first-order chi connectivity index (χ1) is 7.81. The zero-order chi connectivity index (χ0) is 11.4. The molecule has 0 aromatic heterocycles. The number of rotatable bonds is 3. The SMILES string of the molecule is CNC(=O)C1CNCCN1CC1CCCC1. The summed E-state index contributed by atoms with van der Waals surface area (Å²) in [5.74, 6) is 0.982. The molecule has 0 aromatic rings. The van der Waals surface area contributed by atoms with Gasteiger partial charge >= 0.3 is 0 Å². The van der Waals surface area contributed by atoms with Crippen LogP contribution in [-0.2, 0) is 4.79 Å². The molecule has 1 saturated heterocycles. The highest BCUT2D eigenvalue weighted by atomic mass is 16.2. The summed E-state index contributed by atoms with van der Waals surface area (Å²) < 4.78 is 0. The standard InChI is InChI=1S/C12H23N3O/c1-13-12(16)11-8-14-6-7-15(11)9-10-4-2-3-5-10/h10-11,14H,2-9H2,1H3,(H,13,16). The quantitative estimate of drug-likeness (QED) is 0.721. The van der Waals surface area contributed by atoms with E-state index >= 15 is 0 Å². The van der Waals surface area contributed by atoms with E-state index in [1.165, 1.54) is 25.7 Å². The van der Waals surface area contributed by atoms with Gasteiger partial charge in [-0.3, -0.25) is 9.69 Å². The van der Waals surface area contributed by atoms with Crippen LogP contribution in [0.5, 0.6) is 0 Å². The molecule has 4 nitrogen and oxygen atoms in total. The van der Waals surface area contributed by atoms with Gasteiger partial charge in [0, 0.05) is 33.2 Å². The van der Waals surface area contributed by atoms with Crippen molar-refractivity contribution in [1.29, 1.82) is 0 Å². The minimum Gasteiger partial charge on any atom is -0.358 e. The number of nitrogens with one attached hydrogen (secondary N) is 2. The van der Waals surface area contributed by atoms with Gasteiger partial charge in [0.05, 0.1) is 0 Å². The average molecular weight is 225 g/mol. The topological polar surface area (TPSA) is 44.4 Å². The van der Waals surface area contributed by atoms with Crippen LogP contribution < -0.4 is 10.6 Å². The Balaban J connectivity index is 1.90. The van der Waals surface area contributed by atoms with Crippen molar-refractivity contribution in [2.75, 3.05) is 33.2 Å². The number of carbonyl (C=O) groups excluding carboxylic acids is 1. The van der Waals surface area contributed by atoms with E-state index in [0.29, 0.717) is 0 Å². The van der Waals surface area contributed by atoms with Crippen molar-refractivity contribution >= 4 is 5.91 Å². The van der Waals surface area contributed by atoms with Crippen LogP contribution in [0.15, 0.2) is 0 Å². The lowest BCUT2D eigenvalue weighted by Crippen LogP contribution is -2.58. The summed E-state index contributed by atoms with van der Waals surface area (Å²) in [6, 6.07) is 0.0411. The molecule has 0 aromatic carbocycles. The van der Waals surface area contributed by atoms with Gasteiger partial charge in [-0.05, 0) is 18.8 Å². The fourth-order valence-corrected chi connectivity index (χ4v) is 2.91. The second-order valence-electron chi connectivity index (χ2n) is 4.98. The zero-order valence-electron chi connectivity index (χ0n) is 10.2. The van der Waals surface area contributed by atoms with Crippen LogP contribution in [0.4, 0.5) is 0 Å². The zero-order valence-corrected chi connectivity index (χ0v) is 10.2. The van der Waals surface area contributed by atoms with Crippen LogP contribution in [-0.4, -0.2) is 50.1 Å². The van der Waals surface area contributed by atoms with Crippen molar-refractivity contribution in [3.05, 3.63) is 0 Å². The predicted molar refractivity (Wildman–Crippen MR) is 64.3 cm³/mol. The molecule has 2 rings (SSSR count). The molecule has 1 aliphatic heterocycles. The van der Waals surface area contributed by atoms with Crippen molar-refractivity contribution in [2.45, 2.75) is 31.7 Å². The van der Waals surface area contributed by atoms with Crippen molar-refractivity contribution in [2.24, 2.45) is 5.92 Å². The highest BCUT2D eigenvalue weighted by molar-refractivity contribution is 5.81. The molecule has 1 saturated carbocycles. The van der Waals surface area contributed by atoms with Gasteiger partial charge in [0.25, 0.3) is 0 Å². The smallest absolute Gasteiger partial charge is 0.238 e. The first-order valence-electron chi connectivity index (χ1n) is 6.47. The Kier molecular flexibility index (Phi) is 4.18. The molecule has 2 fully saturated rings. The number of carbonyl (C=O) groups is 1. The molecule has 1 atom stereocenters. The fraction of sp³-hybridized carbons (Fsp3) is 0.917. The first kappa shape index (κ1) is 11.9. The molecule has 4 heteroatoms. The summed E-state index contributed by atoms with van der Waals surface area (Å²) >= 11 is 0. The number of hydrogen-bond acceptors (Lipinski definition) is 3. The summed E-state index contributed by atoms with van der Waals surface area (Å²) in [5, 5.41) is 6.07. The molecule has 1 aliphatic carbocycles. The predicted octanol–water partition coefficient (Wildman–Crippen LogP) is 0.196. The first-order valence-corrected chi connectivity index (χ1v) is 6.47. The minimum atomic E-state index is 0.0411. The molecule has 1 amide bonds. The molecule has 1 unspecified atom stereocenters. The molecule has 0 spiro atoms. The molecule has 2 N–H and O–H groups in total. The van der Waals surface area contributed by atoms with Crippen LogP contribution in [0.25, 0.3) is 0 Å². The molecule has 2 aliphatic rings. The molecule has 1 heterocycles. The largest absolute Gasteiger partial charge is 0.358 e. The third-order valence-electron chi connectivity index (χ3n) is 3.87. The minimum absolute atomic E-state index is 0.0411. The second-order valence-corrected chi connectivity index (χ2v) is 4.98. The Labute approximate surface area is 97.8 Å². The van der Waals surface area contributed by atoms with E-state index in [4.69, 9.17) is 0 Å². The maximum Gasteiger partial charge on any atom is 0.238 e. The Morgan fingerprint density at radius 2 is 2.19 bits per heavy atom. The van der Waals surface area contributed by atoms with Gasteiger partial charge < -0.3 is 10.6 Å². The highest BCUT2D eigenvalue weighted by Gasteiger charge is 2.30. The summed E-state index contributed by atoms with van der Waals surface area (Å²) in [7, 11) is 1.73. The Bertz CT molecular complexity index is 238. The summed E-state index contributed by atoms with van der Waals surface area (Å²) in [5.41, 5.74) is 0. The maximum absolute atomic E-state index is 11.8. The van der Waals surface area contributed by atoms with Crippen LogP contribution in [0.1, 0.15) is 25.7 Å². The van der Waals surface area contributed by atoms with Gasteiger partial charge in [0.2, 0.25) is 5.91 Å². The summed E-state index contributed by atoms with van der Waals surface area (Å²) in [6.07, 6.45) is 5.46. The molecule has 16 heavy (non-hydrogen) atoms. The lowest BCUT2D eigenvalue weighted by Gasteiger charge is -2.36.